The first-order chi connectivity index (χ1) is 8.79. The van der Waals surface area contributed by atoms with E-state index in [9.17, 15) is 14.4 Å². The number of carboxylic acid groups (broad SMARTS) is 2. The fraction of sp³-hybridized carbons (Fsp3) is 0.250. The molecule has 0 saturated heterocycles. The Balaban J connectivity index is 2.87. The molecule has 0 aromatic heterocycles. The summed E-state index contributed by atoms with van der Waals surface area (Å²) in [4.78, 5) is 33.2. The van der Waals surface area contributed by atoms with Crippen molar-refractivity contribution in [3.05, 3.63) is 33.8 Å². The van der Waals surface area contributed by atoms with Crippen molar-refractivity contribution >= 4 is 33.8 Å². The lowest BCUT2D eigenvalue weighted by Gasteiger charge is -2.12. The summed E-state index contributed by atoms with van der Waals surface area (Å²) in [5, 5.41) is 19.6. The van der Waals surface area contributed by atoms with Crippen LogP contribution in [-0.2, 0) is 9.59 Å². The van der Waals surface area contributed by atoms with E-state index in [4.69, 9.17) is 10.2 Å². The molecule has 0 aliphatic carbocycles. The number of aliphatic carboxylic acids is 2. The Morgan fingerprint density at radius 3 is 2.37 bits per heavy atom. The van der Waals surface area contributed by atoms with Gasteiger partial charge in [0, 0.05) is 10.0 Å². The smallest absolute Gasteiger partial charge is 0.326 e. The second-order valence-electron chi connectivity index (χ2n) is 3.98. The number of carbonyl (C=O) groups is 3. The molecule has 1 amide bonds. The summed E-state index contributed by atoms with van der Waals surface area (Å²) in [6.07, 6.45) is -0.673. The minimum absolute atomic E-state index is 0.267. The van der Waals surface area contributed by atoms with Gasteiger partial charge in [-0.25, -0.2) is 4.79 Å². The van der Waals surface area contributed by atoms with E-state index in [2.05, 4.69) is 21.2 Å². The maximum atomic E-state index is 11.9. The van der Waals surface area contributed by atoms with Crippen LogP contribution in [0.5, 0.6) is 0 Å². The lowest BCUT2D eigenvalue weighted by molar-refractivity contribution is -0.145. The maximum Gasteiger partial charge on any atom is 0.326 e. The predicted octanol–water partition coefficient (Wildman–Crippen LogP) is 1.42. The van der Waals surface area contributed by atoms with Gasteiger partial charge in [0.2, 0.25) is 0 Å². The normalized spacial score (nSPS) is 11.7. The molecule has 0 heterocycles. The van der Waals surface area contributed by atoms with Crippen molar-refractivity contribution in [1.29, 1.82) is 0 Å². The number of hydrogen-bond acceptors (Lipinski definition) is 3. The van der Waals surface area contributed by atoms with Gasteiger partial charge < -0.3 is 15.5 Å². The van der Waals surface area contributed by atoms with Gasteiger partial charge in [0.05, 0.1) is 6.42 Å². The van der Waals surface area contributed by atoms with E-state index in [-0.39, 0.29) is 5.56 Å². The Bertz CT molecular complexity index is 509. The largest absolute Gasteiger partial charge is 0.481 e. The van der Waals surface area contributed by atoms with E-state index < -0.39 is 30.3 Å². The summed E-state index contributed by atoms with van der Waals surface area (Å²) in [6, 6.07) is 3.45. The first-order valence-electron chi connectivity index (χ1n) is 5.32. The van der Waals surface area contributed by atoms with Gasteiger partial charge in [-0.05, 0) is 30.7 Å². The fourth-order valence-corrected chi connectivity index (χ4v) is 2.09. The molecule has 0 aliphatic rings. The fourth-order valence-electron chi connectivity index (χ4n) is 1.48. The predicted molar refractivity (Wildman–Crippen MR) is 70.0 cm³/mol. The van der Waals surface area contributed by atoms with Crippen LogP contribution in [-0.4, -0.2) is 34.1 Å². The Hall–Kier alpha value is -1.89. The van der Waals surface area contributed by atoms with Gasteiger partial charge in [-0.1, -0.05) is 15.9 Å². The molecule has 0 aliphatic heterocycles. The minimum Gasteiger partial charge on any atom is -0.481 e. The zero-order valence-electron chi connectivity index (χ0n) is 10.0. The van der Waals surface area contributed by atoms with Gasteiger partial charge in [-0.3, -0.25) is 9.59 Å². The molecule has 1 aromatic rings. The van der Waals surface area contributed by atoms with Crippen LogP contribution < -0.4 is 5.32 Å². The monoisotopic (exact) mass is 329 g/mol. The van der Waals surface area contributed by atoms with Crippen LogP contribution in [0.3, 0.4) is 0 Å². The van der Waals surface area contributed by atoms with Crippen molar-refractivity contribution in [2.45, 2.75) is 19.4 Å². The summed E-state index contributed by atoms with van der Waals surface area (Å²) in [6.45, 7) is 1.79. The molecule has 0 radical (unpaired) electrons. The summed E-state index contributed by atoms with van der Waals surface area (Å²) >= 11 is 3.23. The summed E-state index contributed by atoms with van der Waals surface area (Å²) in [5.74, 6) is -3.31. The number of benzene rings is 1. The quantitative estimate of drug-likeness (QED) is 0.757. The number of hydrogen-bond donors (Lipinski definition) is 3. The zero-order valence-corrected chi connectivity index (χ0v) is 11.6. The van der Waals surface area contributed by atoms with Crippen LogP contribution >= 0.6 is 15.9 Å². The minimum atomic E-state index is -1.45. The average Bonchev–Trinajstić information content (AvgIpc) is 2.25. The molecule has 1 atom stereocenters. The Kier molecular flexibility index (Phi) is 5.05. The second-order valence-corrected chi connectivity index (χ2v) is 4.90. The van der Waals surface area contributed by atoms with E-state index in [0.717, 1.165) is 5.56 Å². The number of aryl methyl sites for hydroxylation is 1. The SMILES string of the molecule is Cc1cc(Br)cc(C(=O)N[C@H](CC(=O)O)C(=O)O)c1. The van der Waals surface area contributed by atoms with Crippen molar-refractivity contribution in [3.63, 3.8) is 0 Å². The number of amides is 1. The first-order valence-corrected chi connectivity index (χ1v) is 6.11. The highest BCUT2D eigenvalue weighted by atomic mass is 79.9. The summed E-state index contributed by atoms with van der Waals surface area (Å²) in [5.41, 5.74) is 1.09. The van der Waals surface area contributed by atoms with E-state index in [1.54, 1.807) is 19.1 Å². The maximum absolute atomic E-state index is 11.9. The summed E-state index contributed by atoms with van der Waals surface area (Å²) in [7, 11) is 0. The third-order valence-electron chi connectivity index (χ3n) is 2.29. The number of nitrogens with one attached hydrogen (secondary N) is 1. The Morgan fingerprint density at radius 1 is 1.26 bits per heavy atom. The van der Waals surface area contributed by atoms with Crippen molar-refractivity contribution in [3.8, 4) is 0 Å². The molecule has 6 nitrogen and oxygen atoms in total. The third-order valence-corrected chi connectivity index (χ3v) is 2.74. The molecule has 0 unspecified atom stereocenters. The molecular weight excluding hydrogens is 318 g/mol. The van der Waals surface area contributed by atoms with Gasteiger partial charge in [-0.2, -0.15) is 0 Å². The average molecular weight is 330 g/mol. The van der Waals surface area contributed by atoms with Crippen LogP contribution in [0.25, 0.3) is 0 Å². The molecule has 19 heavy (non-hydrogen) atoms. The van der Waals surface area contributed by atoms with Crippen LogP contribution in [0.4, 0.5) is 0 Å². The summed E-state index contributed by atoms with van der Waals surface area (Å²) < 4.78 is 0.683. The van der Waals surface area contributed by atoms with E-state index >= 15 is 0 Å². The number of rotatable bonds is 5. The molecule has 3 N–H and O–H groups in total. The number of carbonyl (C=O) groups excluding carboxylic acids is 1. The lowest BCUT2D eigenvalue weighted by Crippen LogP contribution is -2.42. The highest BCUT2D eigenvalue weighted by Gasteiger charge is 2.23. The topological polar surface area (TPSA) is 104 Å². The highest BCUT2D eigenvalue weighted by molar-refractivity contribution is 9.10. The van der Waals surface area contributed by atoms with Crippen LogP contribution in [0, 0.1) is 6.92 Å². The zero-order chi connectivity index (χ0) is 14.6. The van der Waals surface area contributed by atoms with Crippen LogP contribution in [0.1, 0.15) is 22.3 Å². The molecule has 0 fully saturated rings. The van der Waals surface area contributed by atoms with Crippen molar-refractivity contribution in [2.75, 3.05) is 0 Å². The van der Waals surface area contributed by atoms with Crippen molar-refractivity contribution in [2.24, 2.45) is 0 Å². The number of halogens is 1. The lowest BCUT2D eigenvalue weighted by atomic mass is 10.1. The Morgan fingerprint density at radius 2 is 1.89 bits per heavy atom. The molecule has 102 valence electrons. The molecule has 0 bridgehead atoms. The van der Waals surface area contributed by atoms with Crippen molar-refractivity contribution in [1.82, 2.24) is 5.32 Å². The molecule has 0 saturated carbocycles. The van der Waals surface area contributed by atoms with Gasteiger partial charge in [0.15, 0.2) is 0 Å². The highest BCUT2D eigenvalue weighted by Crippen LogP contribution is 2.15. The van der Waals surface area contributed by atoms with Gasteiger partial charge in [0.1, 0.15) is 6.04 Å². The van der Waals surface area contributed by atoms with Gasteiger partial charge in [0.25, 0.3) is 5.91 Å². The van der Waals surface area contributed by atoms with E-state index in [1.165, 1.54) is 6.07 Å². The van der Waals surface area contributed by atoms with E-state index in [1.807, 2.05) is 0 Å². The Labute approximate surface area is 117 Å². The van der Waals surface area contributed by atoms with E-state index in [0.29, 0.717) is 4.47 Å². The molecular formula is C12H12BrNO5. The van der Waals surface area contributed by atoms with Gasteiger partial charge >= 0.3 is 11.9 Å². The van der Waals surface area contributed by atoms with Crippen LogP contribution in [0.2, 0.25) is 0 Å². The van der Waals surface area contributed by atoms with Crippen molar-refractivity contribution < 1.29 is 24.6 Å². The molecule has 1 aromatic carbocycles. The molecule has 0 spiro atoms. The first kappa shape index (κ1) is 15.2. The number of carboxylic acids is 2. The standard InChI is InChI=1S/C12H12BrNO5/c1-6-2-7(4-8(13)3-6)11(17)14-9(12(18)19)5-10(15)16/h2-4,9H,5H2,1H3,(H,14,17)(H,15,16)(H,18,19)/t9-/m1/s1. The third kappa shape index (κ3) is 4.70. The van der Waals surface area contributed by atoms with Gasteiger partial charge in [-0.15, -0.1) is 0 Å². The second kappa shape index (κ2) is 6.33. The molecule has 7 heteroatoms. The van der Waals surface area contributed by atoms with Crippen LogP contribution in [0.15, 0.2) is 22.7 Å². The molecule has 1 rings (SSSR count).